The van der Waals surface area contributed by atoms with E-state index >= 15 is 0 Å². The largest absolute Gasteiger partial charge is 0.379 e. The van der Waals surface area contributed by atoms with Crippen molar-refractivity contribution in [2.75, 3.05) is 26.3 Å². The molecule has 0 saturated carbocycles. The normalized spacial score (nSPS) is 16.0. The summed E-state index contributed by atoms with van der Waals surface area (Å²) in [5.74, 6) is 1.51. The summed E-state index contributed by atoms with van der Waals surface area (Å²) in [6, 6.07) is 5.21. The van der Waals surface area contributed by atoms with Crippen LogP contribution < -0.4 is 0 Å². The third-order valence-electron chi connectivity index (χ3n) is 4.58. The number of aryl methyl sites for hydroxylation is 1. The van der Waals surface area contributed by atoms with Gasteiger partial charge in [0.1, 0.15) is 12.2 Å². The second-order valence-corrected chi connectivity index (χ2v) is 9.33. The maximum absolute atomic E-state index is 12.9. The molecule has 1 aromatic carbocycles. The first-order valence-electron chi connectivity index (χ1n) is 9.15. The summed E-state index contributed by atoms with van der Waals surface area (Å²) in [7, 11) is -3.54. The Morgan fingerprint density at radius 2 is 2.11 bits per heavy atom. The number of sulfonamides is 1. The van der Waals surface area contributed by atoms with Crippen molar-refractivity contribution in [2.45, 2.75) is 35.7 Å². The molecule has 28 heavy (non-hydrogen) atoms. The fourth-order valence-electron chi connectivity index (χ4n) is 3.24. The Labute approximate surface area is 167 Å². The molecule has 150 valence electrons. The summed E-state index contributed by atoms with van der Waals surface area (Å²) in [5, 5.41) is 7.41. The van der Waals surface area contributed by atoms with Crippen molar-refractivity contribution in [2.24, 2.45) is 0 Å². The molecule has 1 fully saturated rings. The molecule has 0 atom stereocenters. The van der Waals surface area contributed by atoms with Crippen molar-refractivity contribution < 1.29 is 13.2 Å². The number of benzene rings is 1. The Kier molecular flexibility index (Phi) is 5.67. The summed E-state index contributed by atoms with van der Waals surface area (Å²) >= 11 is 1.52. The van der Waals surface area contributed by atoms with Crippen molar-refractivity contribution in [1.82, 2.24) is 29.0 Å². The zero-order valence-electron chi connectivity index (χ0n) is 15.5. The first-order valence-corrected chi connectivity index (χ1v) is 11.6. The van der Waals surface area contributed by atoms with Gasteiger partial charge in [-0.2, -0.15) is 9.40 Å². The van der Waals surface area contributed by atoms with E-state index in [1.165, 1.54) is 22.4 Å². The minimum atomic E-state index is -3.54. The number of morpholine rings is 1. The van der Waals surface area contributed by atoms with Crippen LogP contribution in [0.2, 0.25) is 0 Å². The smallest absolute Gasteiger partial charge is 0.243 e. The van der Waals surface area contributed by atoms with Crippen LogP contribution in [0.1, 0.15) is 19.2 Å². The fraction of sp³-hybridized carbons (Fsp3) is 0.471. The summed E-state index contributed by atoms with van der Waals surface area (Å²) in [5.41, 5.74) is 1.63. The number of H-pyrrole nitrogens is 1. The zero-order chi connectivity index (χ0) is 19.6. The lowest BCUT2D eigenvalue weighted by Gasteiger charge is -2.26. The molecule has 0 unspecified atom stereocenters. The number of nitrogens with zero attached hydrogens (tertiary/aromatic N) is 5. The summed E-state index contributed by atoms with van der Waals surface area (Å²) in [4.78, 5) is 9.12. The Hall–Kier alpha value is -1.95. The van der Waals surface area contributed by atoms with Gasteiger partial charge in [-0.25, -0.2) is 18.4 Å². The molecule has 3 heterocycles. The van der Waals surface area contributed by atoms with Gasteiger partial charge in [-0.15, -0.1) is 0 Å². The molecule has 4 rings (SSSR count). The molecule has 9 nitrogen and oxygen atoms in total. The topological polar surface area (TPSA) is 106 Å². The number of aromatic nitrogens is 5. The Bertz CT molecular complexity index is 1040. The van der Waals surface area contributed by atoms with Crippen LogP contribution in [0.3, 0.4) is 0 Å². The quantitative estimate of drug-likeness (QED) is 0.580. The fourth-order valence-corrected chi connectivity index (χ4v) is 5.39. The molecule has 1 saturated heterocycles. The highest BCUT2D eigenvalue weighted by atomic mass is 32.2. The van der Waals surface area contributed by atoms with Gasteiger partial charge >= 0.3 is 0 Å². The lowest BCUT2D eigenvalue weighted by atomic mass is 10.3. The maximum atomic E-state index is 12.9. The summed E-state index contributed by atoms with van der Waals surface area (Å²) < 4.78 is 34.8. The minimum absolute atomic E-state index is 0.275. The number of hydrogen-bond acceptors (Lipinski definition) is 7. The number of aromatic amines is 1. The van der Waals surface area contributed by atoms with E-state index in [1.807, 2.05) is 6.07 Å². The van der Waals surface area contributed by atoms with E-state index in [2.05, 4.69) is 26.7 Å². The second kappa shape index (κ2) is 8.19. The molecule has 0 amide bonds. The van der Waals surface area contributed by atoms with Gasteiger partial charge in [0.15, 0.2) is 5.16 Å². The third kappa shape index (κ3) is 3.79. The second-order valence-electron chi connectivity index (χ2n) is 6.43. The average molecular weight is 423 g/mol. The van der Waals surface area contributed by atoms with Crippen LogP contribution in [0.15, 0.2) is 34.6 Å². The first-order chi connectivity index (χ1) is 13.6. The van der Waals surface area contributed by atoms with Crippen LogP contribution in [0.4, 0.5) is 0 Å². The molecule has 0 bridgehead atoms. The highest BCUT2D eigenvalue weighted by Gasteiger charge is 2.27. The monoisotopic (exact) mass is 422 g/mol. The highest BCUT2D eigenvalue weighted by Crippen LogP contribution is 2.26. The molecular formula is C17H22N6O3S2. The van der Waals surface area contributed by atoms with Crippen LogP contribution in [0.5, 0.6) is 0 Å². The van der Waals surface area contributed by atoms with Crippen molar-refractivity contribution in [3.63, 3.8) is 0 Å². The molecule has 0 spiro atoms. The van der Waals surface area contributed by atoms with Gasteiger partial charge in [0, 0.05) is 19.6 Å². The summed E-state index contributed by atoms with van der Waals surface area (Å²) in [6.45, 7) is 4.54. The van der Waals surface area contributed by atoms with E-state index in [9.17, 15) is 8.42 Å². The highest BCUT2D eigenvalue weighted by molar-refractivity contribution is 7.98. The standard InChI is InChI=1S/C17H22N6O3S2/c1-2-5-23-15-4-3-13(28(24,25)22-6-8-26-9-7-22)10-14(15)20-16(23)11-27-17-18-12-19-21-17/h3-4,10,12H,2,5-9,11H2,1H3,(H,18,19,21). The van der Waals surface area contributed by atoms with Gasteiger partial charge in [0.05, 0.1) is 34.9 Å². The van der Waals surface area contributed by atoms with E-state index in [0.717, 1.165) is 29.5 Å². The maximum Gasteiger partial charge on any atom is 0.243 e. The molecular weight excluding hydrogens is 400 g/mol. The van der Waals surface area contributed by atoms with Gasteiger partial charge in [0.25, 0.3) is 0 Å². The Morgan fingerprint density at radius 1 is 1.29 bits per heavy atom. The number of rotatable bonds is 7. The molecule has 11 heteroatoms. The predicted molar refractivity (Wildman–Crippen MR) is 106 cm³/mol. The van der Waals surface area contributed by atoms with Gasteiger partial charge < -0.3 is 9.30 Å². The molecule has 1 aliphatic rings. The first kappa shape index (κ1) is 19.4. The summed E-state index contributed by atoms with van der Waals surface area (Å²) in [6.07, 6.45) is 2.43. The van der Waals surface area contributed by atoms with Crippen LogP contribution in [0.25, 0.3) is 11.0 Å². The molecule has 1 N–H and O–H groups in total. The van der Waals surface area contributed by atoms with Crippen molar-refractivity contribution in [3.05, 3.63) is 30.4 Å². The number of ether oxygens (including phenoxy) is 1. The van der Waals surface area contributed by atoms with Crippen molar-refractivity contribution in [3.8, 4) is 0 Å². The van der Waals surface area contributed by atoms with E-state index in [0.29, 0.717) is 37.6 Å². The molecule has 2 aromatic heterocycles. The minimum Gasteiger partial charge on any atom is -0.379 e. The van der Waals surface area contributed by atoms with Crippen LogP contribution in [-0.2, 0) is 27.1 Å². The van der Waals surface area contributed by atoms with E-state index < -0.39 is 10.0 Å². The van der Waals surface area contributed by atoms with Gasteiger partial charge in [-0.05, 0) is 24.6 Å². The SMILES string of the molecule is CCCn1c(CSc2ncn[nH]2)nc2cc(S(=O)(=O)N3CCOCC3)ccc21. The molecule has 0 radical (unpaired) electrons. The number of nitrogens with one attached hydrogen (secondary N) is 1. The van der Waals surface area contributed by atoms with Gasteiger partial charge in [-0.3, -0.25) is 5.10 Å². The van der Waals surface area contributed by atoms with Crippen molar-refractivity contribution >= 4 is 32.8 Å². The molecule has 0 aliphatic carbocycles. The van der Waals surface area contributed by atoms with Crippen molar-refractivity contribution in [1.29, 1.82) is 0 Å². The molecule has 1 aliphatic heterocycles. The Balaban J connectivity index is 1.66. The lowest BCUT2D eigenvalue weighted by molar-refractivity contribution is 0.0730. The van der Waals surface area contributed by atoms with E-state index in [4.69, 9.17) is 9.72 Å². The number of imidazole rings is 1. The third-order valence-corrected chi connectivity index (χ3v) is 7.35. The average Bonchev–Trinajstić information content (AvgIpc) is 3.35. The van der Waals surface area contributed by atoms with Crippen LogP contribution in [0, 0.1) is 0 Å². The predicted octanol–water partition coefficient (Wildman–Crippen LogP) is 1.88. The number of fused-ring (bicyclic) bond motifs is 1. The molecule has 3 aromatic rings. The van der Waals surface area contributed by atoms with Crippen LogP contribution in [-0.4, -0.2) is 63.8 Å². The number of thioether (sulfide) groups is 1. The van der Waals surface area contributed by atoms with Gasteiger partial charge in [-0.1, -0.05) is 18.7 Å². The Morgan fingerprint density at radius 3 is 2.82 bits per heavy atom. The zero-order valence-corrected chi connectivity index (χ0v) is 17.2. The number of hydrogen-bond donors (Lipinski definition) is 1. The van der Waals surface area contributed by atoms with E-state index in [1.54, 1.807) is 12.1 Å². The lowest BCUT2D eigenvalue weighted by Crippen LogP contribution is -2.40. The van der Waals surface area contributed by atoms with Crippen LogP contribution >= 0.6 is 11.8 Å². The van der Waals surface area contributed by atoms with Gasteiger partial charge in [0.2, 0.25) is 10.0 Å². The van der Waals surface area contributed by atoms with E-state index in [-0.39, 0.29) is 4.90 Å².